The van der Waals surface area contributed by atoms with Crippen molar-refractivity contribution in [3.63, 3.8) is 0 Å². The van der Waals surface area contributed by atoms with Crippen LogP contribution < -0.4 is 11.0 Å². The fourth-order valence-corrected chi connectivity index (χ4v) is 15.1. The molecule has 0 fully saturated rings. The van der Waals surface area contributed by atoms with E-state index >= 15 is 0 Å². The van der Waals surface area contributed by atoms with Gasteiger partial charge in [-0.1, -0.05) is 156 Å². The summed E-state index contributed by atoms with van der Waals surface area (Å²) in [5.74, 6) is 3.80. The number of amidine groups is 4. The van der Waals surface area contributed by atoms with Crippen molar-refractivity contribution < 1.29 is 8.90 Å². The maximum Gasteiger partial charge on any atom is 0.809 e. The van der Waals surface area contributed by atoms with Gasteiger partial charge in [-0.15, -0.1) is 0 Å². The Balaban J connectivity index is 1.18. The smallest absolute Gasteiger partial charge is 0.465 e. The molecule has 0 atom stereocenters. The first-order chi connectivity index (χ1) is 39.8. The first-order valence-electron chi connectivity index (χ1n) is 30.2. The summed E-state index contributed by atoms with van der Waals surface area (Å²) in [4.78, 5) is 34.6. The molecule has 14 rings (SSSR count). The van der Waals surface area contributed by atoms with Gasteiger partial charge >= 0.3 is 14.9 Å². The van der Waals surface area contributed by atoms with Crippen LogP contribution in [0.3, 0.4) is 0 Å². The first-order valence-corrected chi connectivity index (χ1v) is 31.8. The molecule has 11 heteroatoms. The Labute approximate surface area is 491 Å². The third-order valence-corrected chi connectivity index (χ3v) is 22.3. The van der Waals surface area contributed by atoms with Gasteiger partial charge in [0, 0.05) is 57.0 Å². The van der Waals surface area contributed by atoms with Crippen molar-refractivity contribution in [2.24, 2.45) is 30.0 Å². The van der Waals surface area contributed by atoms with Crippen LogP contribution in [0, 0.1) is 0 Å². The number of fused-ring (bicyclic) bond motifs is 18. The molecule has 4 aliphatic rings. The van der Waals surface area contributed by atoms with Crippen LogP contribution in [-0.2, 0) is 25.4 Å². The Morgan fingerprint density at radius 2 is 0.699 bits per heavy atom. The van der Waals surface area contributed by atoms with Crippen LogP contribution in [0.15, 0.2) is 151 Å². The van der Waals surface area contributed by atoms with Crippen LogP contribution in [0.25, 0.3) is 64.6 Å². The topological polar surface area (TPSA) is 113 Å². The Bertz CT molecular complexity index is 4740. The molecule has 0 saturated heterocycles. The van der Waals surface area contributed by atoms with Crippen molar-refractivity contribution in [2.75, 3.05) is 13.2 Å². The minimum Gasteiger partial charge on any atom is -0.465 e. The molecule has 2 aromatic heterocycles. The fraction of sp³-hybridized carbons (Fsp3) is 0.333. The van der Waals surface area contributed by atoms with E-state index in [1.807, 2.05) is 0 Å². The Morgan fingerprint density at radius 1 is 0.373 bits per heavy atom. The van der Waals surface area contributed by atoms with Gasteiger partial charge in [-0.3, -0.25) is 0 Å². The monoisotopic (exact) mass is 1110 g/mol. The normalized spacial score (nSPS) is 15.0. The summed E-state index contributed by atoms with van der Waals surface area (Å²) in [6.07, 6.45) is 5.28. The lowest BCUT2D eigenvalue weighted by Gasteiger charge is -2.23. The van der Waals surface area contributed by atoms with E-state index in [1.165, 1.54) is 22.3 Å². The van der Waals surface area contributed by atoms with Gasteiger partial charge in [0.05, 0.1) is 0 Å². The van der Waals surface area contributed by atoms with Gasteiger partial charge in [0.25, 0.3) is 0 Å². The van der Waals surface area contributed by atoms with Gasteiger partial charge in [0.2, 0.25) is 0 Å². The molecule has 416 valence electrons. The molecule has 0 spiro atoms. The molecule has 1 N–H and O–H groups in total. The molecule has 4 aliphatic heterocycles. The molecule has 0 saturated carbocycles. The molecule has 10 nitrogen and oxygen atoms in total. The lowest BCUT2D eigenvalue weighted by atomic mass is 9.81. The van der Waals surface area contributed by atoms with E-state index in [2.05, 4.69) is 212 Å². The second-order valence-electron chi connectivity index (χ2n) is 26.4. The Morgan fingerprint density at radius 3 is 1.08 bits per heavy atom. The summed E-state index contributed by atoms with van der Waals surface area (Å²) in [5, 5.41) is 23.0. The molecule has 10 aromatic rings. The van der Waals surface area contributed by atoms with Crippen molar-refractivity contribution in [3.05, 3.63) is 177 Å². The largest absolute Gasteiger partial charge is 0.809 e. The van der Waals surface area contributed by atoms with Crippen LogP contribution in [-0.4, -0.2) is 63.7 Å². The third kappa shape index (κ3) is 8.54. The quantitative estimate of drug-likeness (QED) is 0.0915. The molecule has 0 aliphatic carbocycles. The van der Waals surface area contributed by atoms with E-state index in [4.69, 9.17) is 33.7 Å². The standard InChI is InChI=1S/C68H64N8.C4H9O2.Al/c1-13-65(5,6)45-21-17-37-29-49-53(33-41(37)25-45)61-69-57(49)74-62-55-35-43-27-47(67(9,10)15-3)23-19-39(43)31-51(55)59(71-62)76-64-56-36-44-28-48(68(11,12)16-4)24-20-40(44)32-52(56)60(72-64)75-63-54-34-42-26-46(66(7,8)14-2)22-18-38(42)30-50(54)58(70-63)73-61;5-3-1-2-4-6;/h17-36H,13-16H2,1-12H3;5H,1-4H2;/q-2;-1;+3. The summed E-state index contributed by atoms with van der Waals surface area (Å²) >= 11 is -3.21. The highest BCUT2D eigenvalue weighted by atomic mass is 27.2. The Hall–Kier alpha value is -7.39. The Kier molecular flexibility index (Phi) is 12.5. The maximum absolute atomic E-state index is 10.3. The van der Waals surface area contributed by atoms with Crippen LogP contribution >= 0.6 is 0 Å². The number of hydrogen-bond acceptors (Lipinski definition) is 8. The van der Waals surface area contributed by atoms with E-state index < -0.39 is 14.9 Å². The number of unbranched alkanes of at least 4 members (excludes halogenated alkanes) is 1. The van der Waals surface area contributed by atoms with Crippen molar-refractivity contribution in [1.29, 1.82) is 0 Å². The molecular formula is C72H73AlN8O2. The van der Waals surface area contributed by atoms with E-state index in [0.29, 0.717) is 65.4 Å². The van der Waals surface area contributed by atoms with Crippen molar-refractivity contribution in [3.8, 4) is 0 Å². The molecule has 0 unspecified atom stereocenters. The van der Waals surface area contributed by atoms with Crippen LogP contribution in [0.4, 0.5) is 11.6 Å². The van der Waals surface area contributed by atoms with Gasteiger partial charge in [-0.05, 0) is 174 Å². The highest BCUT2D eigenvalue weighted by Crippen LogP contribution is 2.45. The zero-order chi connectivity index (χ0) is 57.6. The summed E-state index contributed by atoms with van der Waals surface area (Å²) in [5.41, 5.74) is 10.2. The van der Waals surface area contributed by atoms with E-state index in [1.54, 1.807) is 0 Å². The van der Waals surface area contributed by atoms with Gasteiger partial charge in [-0.2, -0.15) is 0 Å². The van der Waals surface area contributed by atoms with Crippen LogP contribution in [0.2, 0.25) is 0 Å². The summed E-state index contributed by atoms with van der Waals surface area (Å²) in [6.45, 7) is 28.1. The summed E-state index contributed by atoms with van der Waals surface area (Å²) in [6, 6.07) is 46.0. The SMILES string of the molecule is CCC(C)(C)c1ccc2cc3c(cc2c1)C1=NC3=Nc2c3cc4cc(C(C)(C)CC)ccc4cc3c3[n]2[Al]([O]CCCCO)[n]2c(c4cc5ccc(C(C)(C)CC)cc5cc4c2=NC2=NC(=N3)c3cc4cc(C(C)(C)CC)ccc4cc32)=N1. The first kappa shape index (κ1) is 53.6. The van der Waals surface area contributed by atoms with E-state index in [0.717, 1.165) is 113 Å². The maximum atomic E-state index is 10.3. The van der Waals surface area contributed by atoms with Crippen molar-refractivity contribution in [1.82, 2.24) is 7.10 Å². The number of aliphatic hydroxyl groups is 1. The number of aromatic nitrogens is 2. The van der Waals surface area contributed by atoms with Crippen LogP contribution in [0.1, 0.15) is 166 Å². The van der Waals surface area contributed by atoms with Crippen molar-refractivity contribution >= 4 is 115 Å². The molecule has 6 bridgehead atoms. The molecule has 83 heavy (non-hydrogen) atoms. The predicted octanol–water partition coefficient (Wildman–Crippen LogP) is 16.1. The molecule has 6 heterocycles. The average molecular weight is 1110 g/mol. The molecule has 0 radical (unpaired) electrons. The number of nitrogens with zero attached hydrogens (tertiary/aromatic N) is 8. The highest BCUT2D eigenvalue weighted by Gasteiger charge is 2.43. The number of aliphatic hydroxyl groups excluding tert-OH is 1. The average Bonchev–Trinajstić information content (AvgIpc) is 2.70. The van der Waals surface area contributed by atoms with E-state index in [9.17, 15) is 5.11 Å². The highest BCUT2D eigenvalue weighted by molar-refractivity contribution is 6.51. The third-order valence-electron chi connectivity index (χ3n) is 19.9. The minimum atomic E-state index is -3.21. The van der Waals surface area contributed by atoms with Crippen molar-refractivity contribution in [2.45, 2.75) is 143 Å². The number of rotatable bonds is 13. The summed E-state index contributed by atoms with van der Waals surface area (Å²) in [7, 11) is 0. The molecular weight excluding hydrogens is 1040 g/mol. The summed E-state index contributed by atoms with van der Waals surface area (Å²) < 4.78 is 12.3. The van der Waals surface area contributed by atoms with Gasteiger partial charge < -0.3 is 16.0 Å². The molecule has 0 amide bonds. The second kappa shape index (κ2) is 19.3. The minimum absolute atomic E-state index is 0.00662. The molecule has 8 aromatic carbocycles. The predicted molar refractivity (Wildman–Crippen MR) is 347 cm³/mol. The lowest BCUT2D eigenvalue weighted by molar-refractivity contribution is 0.248. The zero-order valence-electron chi connectivity index (χ0n) is 50.2. The lowest BCUT2D eigenvalue weighted by Crippen LogP contribution is -2.48. The fourth-order valence-electron chi connectivity index (χ4n) is 12.6. The zero-order valence-corrected chi connectivity index (χ0v) is 51.4. The second-order valence-corrected chi connectivity index (χ2v) is 28.4. The number of hydrogen-bond donors (Lipinski definition) is 1. The number of benzene rings is 8. The van der Waals surface area contributed by atoms with Gasteiger partial charge in [-0.25, -0.2) is 30.0 Å². The van der Waals surface area contributed by atoms with Gasteiger partial charge in [0.15, 0.2) is 23.3 Å². The number of aliphatic imine (C=N–C) groups is 4. The van der Waals surface area contributed by atoms with E-state index in [-0.39, 0.29) is 28.3 Å². The van der Waals surface area contributed by atoms with Crippen LogP contribution in [0.5, 0.6) is 0 Å². The van der Waals surface area contributed by atoms with Gasteiger partial charge in [0.1, 0.15) is 22.6 Å².